The summed E-state index contributed by atoms with van der Waals surface area (Å²) in [4.78, 5) is 0. The molecule has 0 saturated carbocycles. The van der Waals surface area contributed by atoms with Crippen LogP contribution in [0.5, 0.6) is 0 Å². The van der Waals surface area contributed by atoms with Crippen molar-refractivity contribution in [3.8, 4) is 0 Å². The Hall–Kier alpha value is -0.130. The zero-order chi connectivity index (χ0) is 8.91. The standard InChI is InChI=1S/C6H15NO3S/c1-9-6(10-2)5-7-11(3,4)8/h6H,5H2,1-4H3. The Bertz CT molecular complexity index is 196. The molecule has 0 bridgehead atoms. The van der Waals surface area contributed by atoms with Crippen molar-refractivity contribution in [2.45, 2.75) is 6.29 Å². The van der Waals surface area contributed by atoms with Crippen molar-refractivity contribution in [2.75, 3.05) is 33.3 Å². The molecule has 0 atom stereocenters. The van der Waals surface area contributed by atoms with Crippen LogP contribution in [0.1, 0.15) is 0 Å². The molecular weight excluding hydrogens is 166 g/mol. The Labute approximate surface area is 68.1 Å². The molecule has 0 fully saturated rings. The molecule has 0 spiro atoms. The fourth-order valence-electron chi connectivity index (χ4n) is 0.486. The van der Waals surface area contributed by atoms with Gasteiger partial charge in [-0.2, -0.15) is 0 Å². The fourth-order valence-corrected chi connectivity index (χ4v) is 0.966. The van der Waals surface area contributed by atoms with Gasteiger partial charge in [-0.05, 0) is 0 Å². The van der Waals surface area contributed by atoms with Crippen LogP contribution in [0.3, 0.4) is 0 Å². The minimum Gasteiger partial charge on any atom is -0.354 e. The molecule has 0 aliphatic carbocycles. The summed E-state index contributed by atoms with van der Waals surface area (Å²) in [6.07, 6.45) is 2.78. The van der Waals surface area contributed by atoms with E-state index in [9.17, 15) is 4.21 Å². The second-order valence-electron chi connectivity index (χ2n) is 2.39. The van der Waals surface area contributed by atoms with E-state index in [-0.39, 0.29) is 6.29 Å². The van der Waals surface area contributed by atoms with Gasteiger partial charge in [0.25, 0.3) is 0 Å². The van der Waals surface area contributed by atoms with Crippen molar-refractivity contribution >= 4 is 9.73 Å². The lowest BCUT2D eigenvalue weighted by atomic mass is 10.6. The molecule has 68 valence electrons. The van der Waals surface area contributed by atoms with E-state index in [0.29, 0.717) is 6.54 Å². The SMILES string of the molecule is COC(CN=S(C)(C)=O)OC. The van der Waals surface area contributed by atoms with Crippen molar-refractivity contribution in [1.82, 2.24) is 0 Å². The van der Waals surface area contributed by atoms with E-state index in [1.165, 1.54) is 14.2 Å². The first kappa shape index (κ1) is 10.9. The third-order valence-corrected chi connectivity index (χ3v) is 1.83. The van der Waals surface area contributed by atoms with Crippen LogP contribution < -0.4 is 0 Å². The molecule has 0 aliphatic heterocycles. The number of methoxy groups -OCH3 is 2. The third kappa shape index (κ3) is 6.28. The van der Waals surface area contributed by atoms with Gasteiger partial charge in [-0.25, -0.2) is 4.36 Å². The maximum atomic E-state index is 11.0. The van der Waals surface area contributed by atoms with Gasteiger partial charge in [0.15, 0.2) is 6.29 Å². The normalized spacial score (nSPS) is 12.1. The predicted molar refractivity (Wildman–Crippen MR) is 45.1 cm³/mol. The molecule has 4 nitrogen and oxygen atoms in total. The van der Waals surface area contributed by atoms with Crippen LogP contribution in [0.25, 0.3) is 0 Å². The highest BCUT2D eigenvalue weighted by molar-refractivity contribution is 7.92. The van der Waals surface area contributed by atoms with Gasteiger partial charge in [-0.15, -0.1) is 0 Å². The van der Waals surface area contributed by atoms with Crippen LogP contribution in [-0.2, 0) is 19.2 Å². The van der Waals surface area contributed by atoms with Crippen LogP contribution in [0.4, 0.5) is 0 Å². The Morgan fingerprint density at radius 3 is 2.09 bits per heavy atom. The number of hydrogen-bond donors (Lipinski definition) is 0. The largest absolute Gasteiger partial charge is 0.354 e. The van der Waals surface area contributed by atoms with E-state index in [0.717, 1.165) is 0 Å². The Morgan fingerprint density at radius 2 is 1.82 bits per heavy atom. The summed E-state index contributed by atoms with van der Waals surface area (Å²) in [5, 5.41) is 0. The molecule has 0 N–H and O–H groups in total. The van der Waals surface area contributed by atoms with Crippen molar-refractivity contribution in [2.24, 2.45) is 4.36 Å². The maximum absolute atomic E-state index is 11.0. The molecule has 0 radical (unpaired) electrons. The number of ether oxygens (including phenoxy) is 2. The first-order chi connectivity index (χ1) is 4.99. The minimum absolute atomic E-state index is 0.318. The average Bonchev–Trinajstić information content (AvgIpc) is 1.88. The first-order valence-corrected chi connectivity index (χ1v) is 5.51. The Kier molecular flexibility index (Phi) is 4.63. The van der Waals surface area contributed by atoms with Crippen molar-refractivity contribution < 1.29 is 13.7 Å². The summed E-state index contributed by atoms with van der Waals surface area (Å²) in [7, 11) is 1.02. The monoisotopic (exact) mass is 181 g/mol. The lowest BCUT2D eigenvalue weighted by Crippen LogP contribution is -2.17. The molecule has 0 amide bonds. The quantitative estimate of drug-likeness (QED) is 0.587. The highest BCUT2D eigenvalue weighted by atomic mass is 32.2. The van der Waals surface area contributed by atoms with Gasteiger partial charge in [0.05, 0.1) is 6.54 Å². The third-order valence-electron chi connectivity index (χ3n) is 1.06. The van der Waals surface area contributed by atoms with Crippen LogP contribution >= 0.6 is 0 Å². The van der Waals surface area contributed by atoms with E-state index < -0.39 is 9.73 Å². The second kappa shape index (κ2) is 4.69. The van der Waals surface area contributed by atoms with Gasteiger partial charge in [0.1, 0.15) is 0 Å². The molecule has 0 aliphatic rings. The van der Waals surface area contributed by atoms with E-state index in [1.807, 2.05) is 0 Å². The van der Waals surface area contributed by atoms with E-state index in [1.54, 1.807) is 12.5 Å². The van der Waals surface area contributed by atoms with Gasteiger partial charge < -0.3 is 9.47 Å². The summed E-state index contributed by atoms with van der Waals surface area (Å²) in [6.45, 7) is 0.318. The zero-order valence-electron chi connectivity index (χ0n) is 7.36. The molecular formula is C6H15NO3S. The molecule has 11 heavy (non-hydrogen) atoms. The van der Waals surface area contributed by atoms with E-state index in [4.69, 9.17) is 9.47 Å². The number of nitrogens with zero attached hydrogens (tertiary/aromatic N) is 1. The predicted octanol–water partition coefficient (Wildman–Crippen LogP) is 0.333. The summed E-state index contributed by atoms with van der Waals surface area (Å²) >= 11 is 0. The maximum Gasteiger partial charge on any atom is 0.176 e. The van der Waals surface area contributed by atoms with Gasteiger partial charge in [0, 0.05) is 36.5 Å². The van der Waals surface area contributed by atoms with Crippen LogP contribution in [0.2, 0.25) is 0 Å². The molecule has 0 aromatic carbocycles. The fraction of sp³-hybridized carbons (Fsp3) is 1.00. The lowest BCUT2D eigenvalue weighted by Gasteiger charge is -2.09. The molecule has 0 saturated heterocycles. The van der Waals surface area contributed by atoms with Crippen molar-refractivity contribution in [3.63, 3.8) is 0 Å². The smallest absolute Gasteiger partial charge is 0.176 e. The molecule has 0 heterocycles. The summed E-state index contributed by atoms with van der Waals surface area (Å²) in [6, 6.07) is 0. The molecule has 0 aromatic rings. The van der Waals surface area contributed by atoms with Crippen LogP contribution in [-0.4, -0.2) is 43.8 Å². The molecule has 5 heteroatoms. The summed E-state index contributed by atoms with van der Waals surface area (Å²) in [5.74, 6) is 0. The van der Waals surface area contributed by atoms with Gasteiger partial charge in [-0.1, -0.05) is 0 Å². The van der Waals surface area contributed by atoms with Crippen molar-refractivity contribution in [3.05, 3.63) is 0 Å². The lowest BCUT2D eigenvalue weighted by molar-refractivity contribution is -0.0934. The zero-order valence-corrected chi connectivity index (χ0v) is 8.18. The van der Waals surface area contributed by atoms with E-state index in [2.05, 4.69) is 4.36 Å². The second-order valence-corrected chi connectivity index (χ2v) is 5.01. The van der Waals surface area contributed by atoms with Crippen LogP contribution in [0, 0.1) is 0 Å². The highest BCUT2D eigenvalue weighted by Crippen LogP contribution is 1.93. The summed E-state index contributed by atoms with van der Waals surface area (Å²) in [5.41, 5.74) is 0. The topological polar surface area (TPSA) is 47.9 Å². The molecule has 0 unspecified atom stereocenters. The van der Waals surface area contributed by atoms with Gasteiger partial charge >= 0.3 is 0 Å². The Morgan fingerprint density at radius 1 is 1.36 bits per heavy atom. The first-order valence-electron chi connectivity index (χ1n) is 3.18. The summed E-state index contributed by atoms with van der Waals surface area (Å²) < 4.78 is 24.6. The average molecular weight is 181 g/mol. The highest BCUT2D eigenvalue weighted by Gasteiger charge is 2.03. The number of rotatable bonds is 4. The Balaban J connectivity index is 3.96. The molecule has 0 rings (SSSR count). The minimum atomic E-state index is -2.02. The van der Waals surface area contributed by atoms with Gasteiger partial charge in [-0.3, -0.25) is 4.21 Å². The van der Waals surface area contributed by atoms with E-state index >= 15 is 0 Å². The number of hydrogen-bond acceptors (Lipinski definition) is 4. The van der Waals surface area contributed by atoms with Crippen molar-refractivity contribution in [1.29, 1.82) is 0 Å². The van der Waals surface area contributed by atoms with Crippen LogP contribution in [0.15, 0.2) is 4.36 Å². The molecule has 0 aromatic heterocycles. The van der Waals surface area contributed by atoms with Gasteiger partial charge in [0.2, 0.25) is 0 Å².